The number of carbonyl (C=O) groups is 2. The Morgan fingerprint density at radius 2 is 1.79 bits per heavy atom. The molecule has 1 saturated carbocycles. The molecule has 6 nitrogen and oxygen atoms in total. The van der Waals surface area contributed by atoms with Crippen molar-refractivity contribution < 1.29 is 14.3 Å². The molecule has 0 radical (unpaired) electrons. The molecule has 24 heavy (non-hydrogen) atoms. The predicted octanol–water partition coefficient (Wildman–Crippen LogP) is 1.43. The summed E-state index contributed by atoms with van der Waals surface area (Å²) in [5.41, 5.74) is 0.737. The monoisotopic (exact) mass is 331 g/mol. The van der Waals surface area contributed by atoms with Gasteiger partial charge < -0.3 is 19.9 Å². The molecule has 130 valence electrons. The summed E-state index contributed by atoms with van der Waals surface area (Å²) in [5, 5.41) is 2.89. The zero-order valence-electron chi connectivity index (χ0n) is 14.3. The Morgan fingerprint density at radius 1 is 1.12 bits per heavy atom. The summed E-state index contributed by atoms with van der Waals surface area (Å²) in [6, 6.07) is 7.31. The Morgan fingerprint density at radius 3 is 2.42 bits per heavy atom. The molecule has 0 spiro atoms. The highest BCUT2D eigenvalue weighted by molar-refractivity contribution is 5.99. The molecule has 1 aliphatic carbocycles. The summed E-state index contributed by atoms with van der Waals surface area (Å²) in [5.74, 6) is 0.520. The fourth-order valence-corrected chi connectivity index (χ4v) is 3.06. The van der Waals surface area contributed by atoms with E-state index in [0.717, 1.165) is 37.6 Å². The van der Waals surface area contributed by atoms with Crippen LogP contribution in [0.4, 0.5) is 5.69 Å². The molecular weight excluding hydrogens is 306 g/mol. The number of likely N-dealkylation sites (N-methyl/N-ethyl adjacent to an activating group) is 1. The van der Waals surface area contributed by atoms with Crippen molar-refractivity contribution in [1.29, 1.82) is 0 Å². The van der Waals surface area contributed by atoms with Gasteiger partial charge in [0.2, 0.25) is 11.8 Å². The lowest BCUT2D eigenvalue weighted by atomic mass is 10.2. The van der Waals surface area contributed by atoms with E-state index in [1.807, 2.05) is 36.1 Å². The van der Waals surface area contributed by atoms with Crippen molar-refractivity contribution in [1.82, 2.24) is 9.80 Å². The number of hydrogen-bond acceptors (Lipinski definition) is 4. The summed E-state index contributed by atoms with van der Waals surface area (Å²) >= 11 is 0. The van der Waals surface area contributed by atoms with Crippen molar-refractivity contribution in [2.24, 2.45) is 11.8 Å². The molecule has 1 saturated heterocycles. The Balaban J connectivity index is 1.49. The fraction of sp³-hybridized carbons (Fsp3) is 0.556. The first-order chi connectivity index (χ1) is 11.6. The molecule has 0 bridgehead atoms. The number of amides is 2. The van der Waals surface area contributed by atoms with Gasteiger partial charge in [0.05, 0.1) is 18.4 Å². The minimum Gasteiger partial charge on any atom is -0.494 e. The summed E-state index contributed by atoms with van der Waals surface area (Å²) in [4.78, 5) is 28.9. The topological polar surface area (TPSA) is 61.9 Å². The second-order valence-corrected chi connectivity index (χ2v) is 6.52. The van der Waals surface area contributed by atoms with E-state index in [2.05, 4.69) is 17.3 Å². The number of hydrogen-bond donors (Lipinski definition) is 1. The SMILES string of the molecule is CCOc1ccc(NC(=O)C2CC2C(=O)N2CCN(C)CC2)cc1. The van der Waals surface area contributed by atoms with Crippen LogP contribution in [0.2, 0.25) is 0 Å². The molecule has 1 aromatic carbocycles. The van der Waals surface area contributed by atoms with Gasteiger partial charge in [0.15, 0.2) is 0 Å². The number of benzene rings is 1. The molecule has 3 rings (SSSR count). The van der Waals surface area contributed by atoms with Gasteiger partial charge in [0, 0.05) is 31.9 Å². The van der Waals surface area contributed by atoms with Crippen LogP contribution in [0.5, 0.6) is 5.75 Å². The Labute approximate surface area is 142 Å². The van der Waals surface area contributed by atoms with Crippen molar-refractivity contribution in [2.45, 2.75) is 13.3 Å². The maximum Gasteiger partial charge on any atom is 0.228 e. The molecule has 0 aromatic heterocycles. The highest BCUT2D eigenvalue weighted by Gasteiger charge is 2.49. The standard InChI is InChI=1S/C18H25N3O3/c1-3-24-14-6-4-13(5-7-14)19-17(22)15-12-16(15)18(23)21-10-8-20(2)9-11-21/h4-7,15-16H,3,8-12H2,1-2H3,(H,19,22). The van der Waals surface area contributed by atoms with E-state index in [4.69, 9.17) is 4.74 Å². The quantitative estimate of drug-likeness (QED) is 0.887. The van der Waals surface area contributed by atoms with Gasteiger partial charge in [-0.05, 0) is 44.7 Å². The van der Waals surface area contributed by atoms with Gasteiger partial charge in [-0.3, -0.25) is 9.59 Å². The smallest absolute Gasteiger partial charge is 0.228 e. The predicted molar refractivity (Wildman–Crippen MR) is 91.9 cm³/mol. The first-order valence-corrected chi connectivity index (χ1v) is 8.59. The van der Waals surface area contributed by atoms with Crippen LogP contribution in [-0.4, -0.2) is 61.4 Å². The van der Waals surface area contributed by atoms with E-state index in [-0.39, 0.29) is 23.7 Å². The summed E-state index contributed by atoms with van der Waals surface area (Å²) in [6.07, 6.45) is 0.661. The van der Waals surface area contributed by atoms with Gasteiger partial charge in [0.25, 0.3) is 0 Å². The lowest BCUT2D eigenvalue weighted by molar-refractivity contribution is -0.135. The molecule has 6 heteroatoms. The molecule has 1 N–H and O–H groups in total. The first kappa shape index (κ1) is 16.8. The van der Waals surface area contributed by atoms with Crippen molar-refractivity contribution >= 4 is 17.5 Å². The minimum absolute atomic E-state index is 0.0633. The molecule has 2 amide bonds. The van der Waals surface area contributed by atoms with E-state index in [0.29, 0.717) is 13.0 Å². The highest BCUT2D eigenvalue weighted by Crippen LogP contribution is 2.41. The van der Waals surface area contributed by atoms with Gasteiger partial charge >= 0.3 is 0 Å². The second-order valence-electron chi connectivity index (χ2n) is 6.52. The molecule has 1 heterocycles. The first-order valence-electron chi connectivity index (χ1n) is 8.59. The average molecular weight is 331 g/mol. The Bertz CT molecular complexity index is 594. The summed E-state index contributed by atoms with van der Waals surface area (Å²) < 4.78 is 5.38. The number of piperazine rings is 1. The van der Waals surface area contributed by atoms with Crippen molar-refractivity contribution in [3.8, 4) is 5.75 Å². The van der Waals surface area contributed by atoms with Crippen molar-refractivity contribution in [3.63, 3.8) is 0 Å². The molecule has 2 atom stereocenters. The molecule has 2 unspecified atom stereocenters. The number of nitrogens with one attached hydrogen (secondary N) is 1. The summed E-state index contributed by atoms with van der Waals surface area (Å²) in [6.45, 7) is 5.88. The van der Waals surface area contributed by atoms with Crippen molar-refractivity contribution in [3.05, 3.63) is 24.3 Å². The Kier molecular flexibility index (Phi) is 5.04. The number of nitrogens with zero attached hydrogens (tertiary/aromatic N) is 2. The van der Waals surface area contributed by atoms with Crippen LogP contribution in [0.3, 0.4) is 0 Å². The third kappa shape index (κ3) is 3.87. The van der Waals surface area contributed by atoms with Crippen LogP contribution in [0.1, 0.15) is 13.3 Å². The van der Waals surface area contributed by atoms with Gasteiger partial charge in [-0.2, -0.15) is 0 Å². The van der Waals surface area contributed by atoms with Crippen LogP contribution in [-0.2, 0) is 9.59 Å². The lowest BCUT2D eigenvalue weighted by Crippen LogP contribution is -2.48. The molecule has 1 aliphatic heterocycles. The third-order valence-electron chi connectivity index (χ3n) is 4.69. The van der Waals surface area contributed by atoms with Crippen LogP contribution >= 0.6 is 0 Å². The van der Waals surface area contributed by atoms with Gasteiger partial charge in [-0.15, -0.1) is 0 Å². The van der Waals surface area contributed by atoms with Crippen molar-refractivity contribution in [2.75, 3.05) is 45.2 Å². The summed E-state index contributed by atoms with van der Waals surface area (Å²) in [7, 11) is 2.06. The van der Waals surface area contributed by atoms with E-state index < -0.39 is 0 Å². The fourth-order valence-electron chi connectivity index (χ4n) is 3.06. The van der Waals surface area contributed by atoms with E-state index >= 15 is 0 Å². The lowest BCUT2D eigenvalue weighted by Gasteiger charge is -2.32. The number of rotatable bonds is 5. The average Bonchev–Trinajstić information content (AvgIpc) is 3.38. The molecule has 2 aliphatic rings. The molecular formula is C18H25N3O3. The number of ether oxygens (including phenoxy) is 1. The zero-order chi connectivity index (χ0) is 17.1. The number of carbonyl (C=O) groups excluding carboxylic acids is 2. The van der Waals surface area contributed by atoms with E-state index in [1.54, 1.807) is 0 Å². The van der Waals surface area contributed by atoms with Crippen LogP contribution in [0.15, 0.2) is 24.3 Å². The van der Waals surface area contributed by atoms with Gasteiger partial charge in [-0.1, -0.05) is 0 Å². The normalized spacial score (nSPS) is 23.7. The van der Waals surface area contributed by atoms with Crippen LogP contribution in [0, 0.1) is 11.8 Å². The zero-order valence-corrected chi connectivity index (χ0v) is 14.3. The van der Waals surface area contributed by atoms with Gasteiger partial charge in [-0.25, -0.2) is 0 Å². The maximum atomic E-state index is 12.5. The van der Waals surface area contributed by atoms with E-state index in [9.17, 15) is 9.59 Å². The second kappa shape index (κ2) is 7.21. The molecule has 1 aromatic rings. The Hall–Kier alpha value is -2.08. The third-order valence-corrected chi connectivity index (χ3v) is 4.69. The number of anilines is 1. The van der Waals surface area contributed by atoms with Crippen LogP contribution in [0.25, 0.3) is 0 Å². The van der Waals surface area contributed by atoms with E-state index in [1.165, 1.54) is 0 Å². The molecule has 2 fully saturated rings. The minimum atomic E-state index is -0.191. The van der Waals surface area contributed by atoms with Crippen LogP contribution < -0.4 is 10.1 Å². The highest BCUT2D eigenvalue weighted by atomic mass is 16.5. The maximum absolute atomic E-state index is 12.5. The van der Waals surface area contributed by atoms with Gasteiger partial charge in [0.1, 0.15) is 5.75 Å². The largest absolute Gasteiger partial charge is 0.494 e.